The molecule has 106 valence electrons. The van der Waals surface area contributed by atoms with Gasteiger partial charge in [-0.1, -0.05) is 79.0 Å². The van der Waals surface area contributed by atoms with Crippen molar-refractivity contribution in [3.05, 3.63) is 35.9 Å². The second kappa shape index (κ2) is 7.34. The molecule has 1 aromatic carbocycles. The van der Waals surface area contributed by atoms with Gasteiger partial charge >= 0.3 is 0 Å². The topological polar surface area (TPSA) is 45.7 Å². The van der Waals surface area contributed by atoms with Crippen LogP contribution in [0, 0.1) is 5.92 Å². The van der Waals surface area contributed by atoms with Crippen molar-refractivity contribution in [3.8, 4) is 0 Å². The maximum atomic E-state index is 11.7. The van der Waals surface area contributed by atoms with Gasteiger partial charge in [0.1, 0.15) is 6.54 Å². The van der Waals surface area contributed by atoms with Gasteiger partial charge in [0.05, 0.1) is 0 Å². The Morgan fingerprint density at radius 2 is 1.84 bits per heavy atom. The summed E-state index contributed by atoms with van der Waals surface area (Å²) < 4.78 is -1.56. The van der Waals surface area contributed by atoms with E-state index in [0.29, 0.717) is 6.54 Å². The Bertz CT molecular complexity index is 404. The van der Waals surface area contributed by atoms with E-state index in [0.717, 1.165) is 5.56 Å². The molecular formula is C13H18Cl3N2O+. The van der Waals surface area contributed by atoms with Crippen LogP contribution in [0.1, 0.15) is 19.4 Å². The highest BCUT2D eigenvalue weighted by atomic mass is 35.6. The first-order valence-electron chi connectivity index (χ1n) is 6.05. The molecule has 1 unspecified atom stereocenters. The van der Waals surface area contributed by atoms with Gasteiger partial charge in [-0.3, -0.25) is 4.79 Å². The maximum Gasteiger partial charge on any atom is 0.262 e. The third-order valence-corrected chi connectivity index (χ3v) is 3.31. The number of carbonyl (C=O) groups is 1. The predicted octanol–water partition coefficient (Wildman–Crippen LogP) is 2.22. The summed E-state index contributed by atoms with van der Waals surface area (Å²) in [7, 11) is 0. The molecule has 0 saturated carbocycles. The SMILES string of the molecule is CC(C)C(=O)NC([NH2+]Cc1ccccc1)C(Cl)(Cl)Cl. The molecular weight excluding hydrogens is 307 g/mol. The van der Waals surface area contributed by atoms with Gasteiger partial charge in [-0.2, -0.15) is 0 Å². The number of quaternary nitrogens is 1. The summed E-state index contributed by atoms with van der Waals surface area (Å²) in [6.45, 7) is 4.21. The van der Waals surface area contributed by atoms with E-state index in [1.807, 2.05) is 35.6 Å². The van der Waals surface area contributed by atoms with Crippen molar-refractivity contribution >= 4 is 40.7 Å². The molecule has 0 radical (unpaired) electrons. The molecule has 0 spiro atoms. The molecule has 3 N–H and O–H groups in total. The second-order valence-electron chi connectivity index (χ2n) is 4.61. The Morgan fingerprint density at radius 1 is 1.26 bits per heavy atom. The van der Waals surface area contributed by atoms with Gasteiger partial charge in [0.25, 0.3) is 3.79 Å². The van der Waals surface area contributed by atoms with Gasteiger partial charge < -0.3 is 10.6 Å². The molecule has 6 heteroatoms. The van der Waals surface area contributed by atoms with Gasteiger partial charge in [0.2, 0.25) is 12.1 Å². The Kier molecular flexibility index (Phi) is 6.40. The van der Waals surface area contributed by atoms with E-state index in [-0.39, 0.29) is 11.8 Å². The summed E-state index contributed by atoms with van der Waals surface area (Å²) in [6.07, 6.45) is -0.618. The van der Waals surface area contributed by atoms with Crippen molar-refractivity contribution in [2.45, 2.75) is 30.4 Å². The van der Waals surface area contributed by atoms with Crippen molar-refractivity contribution in [2.24, 2.45) is 5.92 Å². The molecule has 0 aromatic heterocycles. The number of benzene rings is 1. The number of halogens is 3. The third kappa shape index (κ3) is 6.00. The fourth-order valence-electron chi connectivity index (χ4n) is 1.46. The van der Waals surface area contributed by atoms with E-state index < -0.39 is 9.96 Å². The lowest BCUT2D eigenvalue weighted by Gasteiger charge is -2.24. The molecule has 0 aliphatic heterocycles. The van der Waals surface area contributed by atoms with Gasteiger partial charge in [0.15, 0.2) is 0 Å². The summed E-state index contributed by atoms with van der Waals surface area (Å²) in [6, 6.07) is 9.79. The van der Waals surface area contributed by atoms with E-state index >= 15 is 0 Å². The number of nitrogens with one attached hydrogen (secondary N) is 1. The summed E-state index contributed by atoms with van der Waals surface area (Å²) in [4.78, 5) is 11.7. The van der Waals surface area contributed by atoms with E-state index in [1.165, 1.54) is 0 Å². The van der Waals surface area contributed by atoms with Crippen LogP contribution in [-0.4, -0.2) is 15.9 Å². The van der Waals surface area contributed by atoms with Crippen LogP contribution in [0.4, 0.5) is 0 Å². The lowest BCUT2D eigenvalue weighted by Crippen LogP contribution is -2.95. The van der Waals surface area contributed by atoms with Crippen molar-refractivity contribution < 1.29 is 10.1 Å². The first kappa shape index (κ1) is 16.6. The number of rotatable bonds is 5. The van der Waals surface area contributed by atoms with Crippen LogP contribution < -0.4 is 10.6 Å². The minimum atomic E-state index is -1.56. The molecule has 0 heterocycles. The fourth-order valence-corrected chi connectivity index (χ4v) is 1.89. The standard InChI is InChI=1S/C13H17Cl3N2O/c1-9(2)11(19)18-12(13(14,15)16)17-8-10-6-4-3-5-7-10/h3-7,9,12,17H,8H2,1-2H3,(H,18,19)/p+1. The van der Waals surface area contributed by atoms with Crippen molar-refractivity contribution in [3.63, 3.8) is 0 Å². The predicted molar refractivity (Wildman–Crippen MR) is 79.1 cm³/mol. The van der Waals surface area contributed by atoms with Crippen LogP contribution in [0.5, 0.6) is 0 Å². The zero-order chi connectivity index (χ0) is 14.5. The molecule has 0 aliphatic carbocycles. The monoisotopic (exact) mass is 323 g/mol. The third-order valence-electron chi connectivity index (χ3n) is 2.61. The van der Waals surface area contributed by atoms with Crippen LogP contribution in [0.3, 0.4) is 0 Å². The maximum absolute atomic E-state index is 11.7. The molecule has 0 fully saturated rings. The molecule has 0 aliphatic rings. The summed E-state index contributed by atoms with van der Waals surface area (Å²) in [5.74, 6) is -0.291. The van der Waals surface area contributed by atoms with Crippen molar-refractivity contribution in [2.75, 3.05) is 0 Å². The summed E-state index contributed by atoms with van der Waals surface area (Å²) in [5, 5.41) is 4.54. The van der Waals surface area contributed by atoms with Crippen molar-refractivity contribution in [1.82, 2.24) is 5.32 Å². The molecule has 1 aromatic rings. The molecule has 3 nitrogen and oxygen atoms in total. The minimum Gasteiger partial charge on any atom is -0.319 e. The highest BCUT2D eigenvalue weighted by Crippen LogP contribution is 2.27. The van der Waals surface area contributed by atoms with E-state index in [4.69, 9.17) is 34.8 Å². The van der Waals surface area contributed by atoms with Gasteiger partial charge in [-0.15, -0.1) is 0 Å². The number of nitrogens with two attached hydrogens (primary N) is 1. The Labute approximate surface area is 128 Å². The minimum absolute atomic E-state index is 0.138. The lowest BCUT2D eigenvalue weighted by atomic mass is 10.2. The number of hydrogen-bond acceptors (Lipinski definition) is 1. The smallest absolute Gasteiger partial charge is 0.262 e. The van der Waals surface area contributed by atoms with Crippen LogP contribution >= 0.6 is 34.8 Å². The van der Waals surface area contributed by atoms with Gasteiger partial charge in [-0.05, 0) is 0 Å². The molecule has 1 rings (SSSR count). The quantitative estimate of drug-likeness (QED) is 0.633. The Hall–Kier alpha value is -0.480. The van der Waals surface area contributed by atoms with Crippen LogP contribution in [0.25, 0.3) is 0 Å². The zero-order valence-corrected chi connectivity index (χ0v) is 13.1. The molecule has 19 heavy (non-hydrogen) atoms. The van der Waals surface area contributed by atoms with Gasteiger partial charge in [0, 0.05) is 11.5 Å². The van der Waals surface area contributed by atoms with Gasteiger partial charge in [-0.25, -0.2) is 0 Å². The number of carbonyl (C=O) groups excluding carboxylic acids is 1. The van der Waals surface area contributed by atoms with Crippen LogP contribution in [0.15, 0.2) is 30.3 Å². The van der Waals surface area contributed by atoms with Crippen molar-refractivity contribution in [1.29, 1.82) is 0 Å². The van der Waals surface area contributed by atoms with Crippen LogP contribution in [0.2, 0.25) is 0 Å². The molecule has 1 atom stereocenters. The van der Waals surface area contributed by atoms with E-state index in [1.54, 1.807) is 13.8 Å². The normalized spacial score (nSPS) is 13.4. The first-order valence-corrected chi connectivity index (χ1v) is 7.18. The highest BCUT2D eigenvalue weighted by molar-refractivity contribution is 6.68. The lowest BCUT2D eigenvalue weighted by molar-refractivity contribution is -0.707. The Balaban J connectivity index is 2.63. The molecule has 0 saturated heterocycles. The van der Waals surface area contributed by atoms with Crippen LogP contribution in [-0.2, 0) is 11.3 Å². The second-order valence-corrected chi connectivity index (χ2v) is 6.98. The average molecular weight is 325 g/mol. The summed E-state index contributed by atoms with van der Waals surface area (Å²) >= 11 is 17.7. The fraction of sp³-hybridized carbons (Fsp3) is 0.462. The van der Waals surface area contributed by atoms with E-state index in [9.17, 15) is 4.79 Å². The number of alkyl halides is 3. The van der Waals surface area contributed by atoms with E-state index in [2.05, 4.69) is 5.32 Å². The average Bonchev–Trinajstić information content (AvgIpc) is 2.33. The number of hydrogen-bond donors (Lipinski definition) is 2. The highest BCUT2D eigenvalue weighted by Gasteiger charge is 2.37. The first-order chi connectivity index (χ1) is 8.80. The Morgan fingerprint density at radius 3 is 2.32 bits per heavy atom. The zero-order valence-electron chi connectivity index (χ0n) is 10.9. The molecule has 1 amide bonds. The largest absolute Gasteiger partial charge is 0.319 e. The summed E-state index contributed by atoms with van der Waals surface area (Å²) in [5.41, 5.74) is 1.10. The molecule has 0 bridgehead atoms. The number of amides is 1.